The molecule has 3 N–H and O–H groups in total. The summed E-state index contributed by atoms with van der Waals surface area (Å²) >= 11 is 4.84. The fraction of sp³-hybridized carbons (Fsp3) is 0.143. The van der Waals surface area contributed by atoms with Gasteiger partial charge >= 0.3 is 0 Å². The van der Waals surface area contributed by atoms with Crippen LogP contribution in [0, 0.1) is 0 Å². The zero-order valence-corrected chi connectivity index (χ0v) is 11.2. The third kappa shape index (κ3) is 4.22. The lowest BCUT2D eigenvalue weighted by molar-refractivity contribution is 0.333. The molecule has 0 aliphatic carbocycles. The van der Waals surface area contributed by atoms with E-state index in [0.717, 1.165) is 11.4 Å². The molecule has 2 rings (SSSR count). The molecule has 1 aromatic heterocycles. The Kier molecular flexibility index (Phi) is 4.69. The van der Waals surface area contributed by atoms with Crippen LogP contribution in [0.2, 0.25) is 0 Å². The molecule has 0 aliphatic heterocycles. The van der Waals surface area contributed by atoms with Crippen molar-refractivity contribution in [2.45, 2.75) is 0 Å². The zero-order chi connectivity index (χ0) is 13.5. The first kappa shape index (κ1) is 13.3. The van der Waals surface area contributed by atoms with Gasteiger partial charge in [-0.05, 0) is 24.3 Å². The molecule has 1 aromatic carbocycles. The van der Waals surface area contributed by atoms with Crippen molar-refractivity contribution < 1.29 is 4.74 Å². The molecule has 98 valence electrons. The molecule has 0 unspecified atom stereocenters. The highest BCUT2D eigenvalue weighted by molar-refractivity contribution is 7.80. The normalized spacial score (nSPS) is 9.89. The second kappa shape index (κ2) is 6.70. The summed E-state index contributed by atoms with van der Waals surface area (Å²) in [6, 6.07) is 13.4. The lowest BCUT2D eigenvalue weighted by Crippen LogP contribution is -2.13. The molecule has 1 heterocycles. The number of thiocarbonyl (C=S) groups is 1. The smallest absolute Gasteiger partial charge is 0.122 e. The van der Waals surface area contributed by atoms with Gasteiger partial charge in [0.15, 0.2) is 0 Å². The first-order valence-electron chi connectivity index (χ1n) is 5.93. The molecule has 0 fully saturated rings. The van der Waals surface area contributed by atoms with E-state index in [1.165, 1.54) is 0 Å². The molecule has 0 amide bonds. The van der Waals surface area contributed by atoms with E-state index in [4.69, 9.17) is 22.7 Å². The number of anilines is 1. The van der Waals surface area contributed by atoms with Gasteiger partial charge < -0.3 is 15.8 Å². The summed E-state index contributed by atoms with van der Waals surface area (Å²) in [5, 5.41) is 3.21. The average Bonchev–Trinajstić information content (AvgIpc) is 2.45. The molecule has 0 bridgehead atoms. The minimum atomic E-state index is 0.305. The van der Waals surface area contributed by atoms with Gasteiger partial charge in [0.25, 0.3) is 0 Å². The topological polar surface area (TPSA) is 60.2 Å². The molecule has 0 spiro atoms. The van der Waals surface area contributed by atoms with E-state index < -0.39 is 0 Å². The van der Waals surface area contributed by atoms with Crippen LogP contribution in [0.15, 0.2) is 48.7 Å². The first-order chi connectivity index (χ1) is 9.25. The Morgan fingerprint density at radius 3 is 2.63 bits per heavy atom. The quantitative estimate of drug-likeness (QED) is 0.624. The molecular formula is C14H15N3OS. The summed E-state index contributed by atoms with van der Waals surface area (Å²) in [5.74, 6) is 0.867. The lowest BCUT2D eigenvalue weighted by Gasteiger charge is -2.08. The summed E-state index contributed by atoms with van der Waals surface area (Å²) in [6.45, 7) is 1.28. The molecule has 0 saturated carbocycles. The van der Waals surface area contributed by atoms with Crippen LogP contribution >= 0.6 is 12.2 Å². The van der Waals surface area contributed by atoms with Gasteiger partial charge in [-0.2, -0.15) is 0 Å². The number of aromatic nitrogens is 1. The average molecular weight is 273 g/mol. The zero-order valence-electron chi connectivity index (χ0n) is 10.4. The van der Waals surface area contributed by atoms with E-state index in [1.54, 1.807) is 12.3 Å². The molecule has 19 heavy (non-hydrogen) atoms. The van der Waals surface area contributed by atoms with Gasteiger partial charge in [-0.25, -0.2) is 0 Å². The van der Waals surface area contributed by atoms with Crippen molar-refractivity contribution >= 4 is 22.9 Å². The lowest BCUT2D eigenvalue weighted by atomic mass is 10.3. The molecule has 0 saturated heterocycles. The first-order valence-corrected chi connectivity index (χ1v) is 6.34. The van der Waals surface area contributed by atoms with Crippen LogP contribution in [0.4, 0.5) is 5.69 Å². The van der Waals surface area contributed by atoms with Crippen molar-refractivity contribution in [1.82, 2.24) is 4.98 Å². The molecule has 2 aromatic rings. The largest absolute Gasteiger partial charge is 0.492 e. The van der Waals surface area contributed by atoms with E-state index in [2.05, 4.69) is 10.3 Å². The van der Waals surface area contributed by atoms with Gasteiger partial charge in [0.1, 0.15) is 17.3 Å². The number of hydrogen-bond donors (Lipinski definition) is 2. The third-order valence-electron chi connectivity index (χ3n) is 2.46. The maximum absolute atomic E-state index is 5.57. The minimum Gasteiger partial charge on any atom is -0.492 e. The highest BCUT2D eigenvalue weighted by Gasteiger charge is 1.98. The van der Waals surface area contributed by atoms with Gasteiger partial charge in [-0.3, -0.25) is 4.98 Å². The fourth-order valence-electron chi connectivity index (χ4n) is 1.53. The highest BCUT2D eigenvalue weighted by atomic mass is 32.1. The Hall–Kier alpha value is -2.14. The fourth-order valence-corrected chi connectivity index (χ4v) is 1.65. The van der Waals surface area contributed by atoms with Crippen LogP contribution in [0.5, 0.6) is 5.75 Å². The van der Waals surface area contributed by atoms with Crippen LogP contribution in [-0.4, -0.2) is 23.1 Å². The van der Waals surface area contributed by atoms with E-state index >= 15 is 0 Å². The molecule has 0 radical (unpaired) electrons. The summed E-state index contributed by atoms with van der Waals surface area (Å²) < 4.78 is 5.57. The Morgan fingerprint density at radius 1 is 1.21 bits per heavy atom. The van der Waals surface area contributed by atoms with E-state index in [-0.39, 0.29) is 0 Å². The van der Waals surface area contributed by atoms with Crippen LogP contribution in [0.1, 0.15) is 5.69 Å². The maximum atomic E-state index is 5.57. The van der Waals surface area contributed by atoms with E-state index in [9.17, 15) is 0 Å². The number of rotatable bonds is 6. The molecular weight excluding hydrogens is 258 g/mol. The van der Waals surface area contributed by atoms with E-state index in [0.29, 0.717) is 23.8 Å². The van der Waals surface area contributed by atoms with Gasteiger partial charge in [-0.1, -0.05) is 30.4 Å². The predicted octanol–water partition coefficient (Wildman–Crippen LogP) is 2.21. The number of benzene rings is 1. The van der Waals surface area contributed by atoms with Gasteiger partial charge in [-0.15, -0.1) is 0 Å². The monoisotopic (exact) mass is 273 g/mol. The third-order valence-corrected chi connectivity index (χ3v) is 2.67. The van der Waals surface area contributed by atoms with Crippen molar-refractivity contribution in [3.63, 3.8) is 0 Å². The Morgan fingerprint density at radius 2 is 2.00 bits per heavy atom. The minimum absolute atomic E-state index is 0.305. The SMILES string of the molecule is NC(=S)c1ccc(NCCOc2ccccc2)cn1. The highest BCUT2D eigenvalue weighted by Crippen LogP contribution is 2.08. The van der Waals surface area contributed by atoms with Crippen LogP contribution in [0.3, 0.4) is 0 Å². The van der Waals surface area contributed by atoms with Crippen LogP contribution in [-0.2, 0) is 0 Å². The van der Waals surface area contributed by atoms with E-state index in [1.807, 2.05) is 36.4 Å². The second-order valence-electron chi connectivity index (χ2n) is 3.88. The Bertz CT molecular complexity index is 528. The number of para-hydroxylation sites is 1. The van der Waals surface area contributed by atoms with Crippen molar-refractivity contribution in [3.8, 4) is 5.75 Å². The van der Waals surface area contributed by atoms with Crippen molar-refractivity contribution in [1.29, 1.82) is 0 Å². The Labute approximate surface area is 117 Å². The summed E-state index contributed by atoms with van der Waals surface area (Å²) in [6.07, 6.45) is 1.71. The van der Waals surface area contributed by atoms with Gasteiger partial charge in [0.2, 0.25) is 0 Å². The van der Waals surface area contributed by atoms with Crippen LogP contribution in [0.25, 0.3) is 0 Å². The summed E-state index contributed by atoms with van der Waals surface area (Å²) in [5.41, 5.74) is 7.02. The molecule has 4 nitrogen and oxygen atoms in total. The Balaban J connectivity index is 1.75. The summed E-state index contributed by atoms with van der Waals surface area (Å²) in [7, 11) is 0. The number of pyridine rings is 1. The second-order valence-corrected chi connectivity index (χ2v) is 4.32. The van der Waals surface area contributed by atoms with Gasteiger partial charge in [0, 0.05) is 6.54 Å². The van der Waals surface area contributed by atoms with Crippen LogP contribution < -0.4 is 15.8 Å². The number of ether oxygens (including phenoxy) is 1. The number of nitrogens with two attached hydrogens (primary N) is 1. The van der Waals surface area contributed by atoms with Crippen molar-refractivity contribution in [2.24, 2.45) is 5.73 Å². The van der Waals surface area contributed by atoms with Crippen molar-refractivity contribution in [3.05, 3.63) is 54.4 Å². The maximum Gasteiger partial charge on any atom is 0.122 e. The number of nitrogens with zero attached hydrogens (tertiary/aromatic N) is 1. The number of hydrogen-bond acceptors (Lipinski definition) is 4. The van der Waals surface area contributed by atoms with Gasteiger partial charge in [0.05, 0.1) is 17.6 Å². The number of nitrogens with one attached hydrogen (secondary N) is 1. The molecule has 0 atom stereocenters. The standard InChI is InChI=1S/C14H15N3OS/c15-14(19)13-7-6-11(10-17-13)16-8-9-18-12-4-2-1-3-5-12/h1-7,10,16H,8-9H2,(H2,15,19). The molecule has 0 aliphatic rings. The predicted molar refractivity (Wildman–Crippen MR) is 80.6 cm³/mol. The van der Waals surface area contributed by atoms with Crippen molar-refractivity contribution in [2.75, 3.05) is 18.5 Å². The summed E-state index contributed by atoms with van der Waals surface area (Å²) in [4.78, 5) is 4.45. The molecule has 5 heteroatoms.